The van der Waals surface area contributed by atoms with Crippen molar-refractivity contribution >= 4 is 5.97 Å². The standard InChI is InChI=1S/C18H17N3O3/c1-2-24-14-5-3-12(4-6-14)9-15-17(21-11-20-15)16-10-13(18(22)23)7-8-19-16/h3-8,10-11H,2,9H2,1H3,(H,20,21)(H,22,23). The number of hydrogen-bond acceptors (Lipinski definition) is 4. The van der Waals surface area contributed by atoms with Gasteiger partial charge >= 0.3 is 5.97 Å². The highest BCUT2D eigenvalue weighted by Gasteiger charge is 2.13. The highest BCUT2D eigenvalue weighted by atomic mass is 16.5. The van der Waals surface area contributed by atoms with Crippen LogP contribution in [0.1, 0.15) is 28.5 Å². The van der Waals surface area contributed by atoms with E-state index in [1.54, 1.807) is 6.33 Å². The zero-order chi connectivity index (χ0) is 16.9. The average Bonchev–Trinajstić information content (AvgIpc) is 3.05. The Morgan fingerprint density at radius 2 is 2.00 bits per heavy atom. The molecule has 0 aliphatic rings. The van der Waals surface area contributed by atoms with Gasteiger partial charge in [0.1, 0.15) is 11.4 Å². The summed E-state index contributed by atoms with van der Waals surface area (Å²) in [5.74, 6) is -0.149. The number of nitrogens with one attached hydrogen (secondary N) is 1. The number of carboxylic acid groups (broad SMARTS) is 1. The molecule has 0 radical (unpaired) electrons. The molecule has 0 unspecified atom stereocenters. The predicted octanol–water partition coefficient (Wildman–Crippen LogP) is 3.16. The molecule has 6 heteroatoms. The van der Waals surface area contributed by atoms with Crippen LogP contribution in [0.3, 0.4) is 0 Å². The normalized spacial score (nSPS) is 10.5. The topological polar surface area (TPSA) is 88.1 Å². The molecule has 6 nitrogen and oxygen atoms in total. The number of aromatic amines is 1. The summed E-state index contributed by atoms with van der Waals surface area (Å²) >= 11 is 0. The third kappa shape index (κ3) is 3.43. The number of rotatable bonds is 6. The Bertz CT molecular complexity index is 841. The maximum atomic E-state index is 11.1. The van der Waals surface area contributed by atoms with E-state index in [1.165, 1.54) is 18.3 Å². The molecule has 24 heavy (non-hydrogen) atoms. The van der Waals surface area contributed by atoms with Crippen molar-refractivity contribution in [3.05, 3.63) is 65.7 Å². The third-order valence-electron chi connectivity index (χ3n) is 3.58. The fraction of sp³-hybridized carbons (Fsp3) is 0.167. The number of aromatic carboxylic acids is 1. The van der Waals surface area contributed by atoms with Gasteiger partial charge in [-0.05, 0) is 36.8 Å². The van der Waals surface area contributed by atoms with Gasteiger partial charge in [-0.3, -0.25) is 4.98 Å². The van der Waals surface area contributed by atoms with Crippen LogP contribution in [0.15, 0.2) is 48.9 Å². The van der Waals surface area contributed by atoms with E-state index >= 15 is 0 Å². The minimum Gasteiger partial charge on any atom is -0.494 e. The summed E-state index contributed by atoms with van der Waals surface area (Å²) in [5, 5.41) is 9.11. The van der Waals surface area contributed by atoms with E-state index in [4.69, 9.17) is 9.84 Å². The first-order valence-corrected chi connectivity index (χ1v) is 7.61. The number of hydrogen-bond donors (Lipinski definition) is 2. The lowest BCUT2D eigenvalue weighted by Gasteiger charge is -2.06. The molecule has 2 aromatic heterocycles. The lowest BCUT2D eigenvalue weighted by molar-refractivity contribution is 0.0697. The van der Waals surface area contributed by atoms with Crippen LogP contribution in [0.5, 0.6) is 5.75 Å². The monoisotopic (exact) mass is 323 g/mol. The summed E-state index contributed by atoms with van der Waals surface area (Å²) in [7, 11) is 0. The summed E-state index contributed by atoms with van der Waals surface area (Å²) in [6, 6.07) is 10.8. The summed E-state index contributed by atoms with van der Waals surface area (Å²) in [6.45, 7) is 2.58. The largest absolute Gasteiger partial charge is 0.494 e. The molecular formula is C18H17N3O3. The van der Waals surface area contributed by atoms with Crippen molar-refractivity contribution in [3.63, 3.8) is 0 Å². The summed E-state index contributed by atoms with van der Waals surface area (Å²) in [4.78, 5) is 22.8. The molecule has 0 aliphatic carbocycles. The number of carbonyl (C=O) groups is 1. The predicted molar refractivity (Wildman–Crippen MR) is 89.2 cm³/mol. The highest BCUT2D eigenvalue weighted by Crippen LogP contribution is 2.22. The molecule has 2 N–H and O–H groups in total. The van der Waals surface area contributed by atoms with Crippen LogP contribution in [0.4, 0.5) is 0 Å². The van der Waals surface area contributed by atoms with Crippen molar-refractivity contribution in [2.24, 2.45) is 0 Å². The summed E-state index contributed by atoms with van der Waals surface area (Å²) < 4.78 is 5.44. The van der Waals surface area contributed by atoms with E-state index in [0.717, 1.165) is 17.0 Å². The van der Waals surface area contributed by atoms with E-state index in [0.29, 0.717) is 24.4 Å². The summed E-state index contributed by atoms with van der Waals surface area (Å²) in [5.41, 5.74) is 3.37. The number of nitrogens with zero attached hydrogens (tertiary/aromatic N) is 2. The van der Waals surface area contributed by atoms with Gasteiger partial charge in [0, 0.05) is 18.3 Å². The second-order valence-corrected chi connectivity index (χ2v) is 5.22. The zero-order valence-corrected chi connectivity index (χ0v) is 13.2. The molecule has 0 saturated carbocycles. The van der Waals surface area contributed by atoms with Gasteiger partial charge in [-0.25, -0.2) is 9.78 Å². The SMILES string of the molecule is CCOc1ccc(Cc2[nH]cnc2-c2cc(C(=O)O)ccn2)cc1. The van der Waals surface area contributed by atoms with E-state index < -0.39 is 5.97 Å². The number of benzene rings is 1. The first-order chi connectivity index (χ1) is 11.7. The molecule has 0 aliphatic heterocycles. The minimum atomic E-state index is -0.984. The fourth-order valence-electron chi connectivity index (χ4n) is 2.44. The lowest BCUT2D eigenvalue weighted by Crippen LogP contribution is -1.99. The van der Waals surface area contributed by atoms with Gasteiger partial charge in [0.2, 0.25) is 0 Å². The Kier molecular flexibility index (Phi) is 4.56. The average molecular weight is 323 g/mol. The Labute approximate surface area is 139 Å². The number of imidazole rings is 1. The maximum Gasteiger partial charge on any atom is 0.335 e. The van der Waals surface area contributed by atoms with Crippen LogP contribution < -0.4 is 4.74 Å². The van der Waals surface area contributed by atoms with Crippen molar-refractivity contribution in [1.29, 1.82) is 0 Å². The smallest absolute Gasteiger partial charge is 0.335 e. The number of H-pyrrole nitrogens is 1. The zero-order valence-electron chi connectivity index (χ0n) is 13.2. The van der Waals surface area contributed by atoms with Gasteiger partial charge in [-0.2, -0.15) is 0 Å². The van der Waals surface area contributed by atoms with E-state index in [9.17, 15) is 4.79 Å². The van der Waals surface area contributed by atoms with Crippen LogP contribution in [0.25, 0.3) is 11.4 Å². The van der Waals surface area contributed by atoms with Gasteiger partial charge in [0.25, 0.3) is 0 Å². The second-order valence-electron chi connectivity index (χ2n) is 5.22. The van der Waals surface area contributed by atoms with Crippen LogP contribution in [-0.2, 0) is 6.42 Å². The first-order valence-electron chi connectivity index (χ1n) is 7.61. The van der Waals surface area contributed by atoms with E-state index in [-0.39, 0.29) is 5.56 Å². The minimum absolute atomic E-state index is 0.190. The maximum absolute atomic E-state index is 11.1. The van der Waals surface area contributed by atoms with Gasteiger partial charge in [-0.1, -0.05) is 12.1 Å². The van der Waals surface area contributed by atoms with E-state index in [2.05, 4.69) is 15.0 Å². The molecule has 0 bridgehead atoms. The number of ether oxygens (including phenoxy) is 1. The molecule has 2 heterocycles. The van der Waals surface area contributed by atoms with Gasteiger partial charge in [0.15, 0.2) is 0 Å². The molecule has 0 fully saturated rings. The molecule has 0 saturated heterocycles. The molecule has 0 amide bonds. The summed E-state index contributed by atoms with van der Waals surface area (Å²) in [6.07, 6.45) is 3.71. The van der Waals surface area contributed by atoms with Gasteiger partial charge in [0.05, 0.1) is 24.2 Å². The van der Waals surface area contributed by atoms with Crippen molar-refractivity contribution in [1.82, 2.24) is 15.0 Å². The Balaban J connectivity index is 1.85. The molecule has 0 atom stereocenters. The third-order valence-corrected chi connectivity index (χ3v) is 3.58. The molecule has 3 rings (SSSR count). The van der Waals surface area contributed by atoms with E-state index in [1.807, 2.05) is 31.2 Å². The number of aromatic nitrogens is 3. The Hall–Kier alpha value is -3.15. The number of carboxylic acids is 1. The van der Waals surface area contributed by atoms with Crippen LogP contribution in [0.2, 0.25) is 0 Å². The van der Waals surface area contributed by atoms with Crippen molar-refractivity contribution in [3.8, 4) is 17.1 Å². The Morgan fingerprint density at radius 3 is 2.71 bits per heavy atom. The van der Waals surface area contributed by atoms with Crippen molar-refractivity contribution in [2.45, 2.75) is 13.3 Å². The van der Waals surface area contributed by atoms with Crippen molar-refractivity contribution in [2.75, 3.05) is 6.61 Å². The molecule has 1 aromatic carbocycles. The molecule has 0 spiro atoms. The fourth-order valence-corrected chi connectivity index (χ4v) is 2.44. The van der Waals surface area contributed by atoms with Crippen molar-refractivity contribution < 1.29 is 14.6 Å². The second kappa shape index (κ2) is 6.95. The lowest BCUT2D eigenvalue weighted by atomic mass is 10.1. The quantitative estimate of drug-likeness (QED) is 0.727. The Morgan fingerprint density at radius 1 is 1.21 bits per heavy atom. The van der Waals surface area contributed by atoms with Crippen LogP contribution >= 0.6 is 0 Å². The van der Waals surface area contributed by atoms with Crippen LogP contribution in [0, 0.1) is 0 Å². The molecular weight excluding hydrogens is 306 g/mol. The van der Waals surface area contributed by atoms with Gasteiger partial charge in [-0.15, -0.1) is 0 Å². The first kappa shape index (κ1) is 15.7. The molecule has 3 aromatic rings. The highest BCUT2D eigenvalue weighted by molar-refractivity contribution is 5.88. The van der Waals surface area contributed by atoms with Crippen LogP contribution in [-0.4, -0.2) is 32.6 Å². The molecule has 122 valence electrons. The van der Waals surface area contributed by atoms with Gasteiger partial charge < -0.3 is 14.8 Å². The number of pyridine rings is 1.